The number of pyridine rings is 1. The molecule has 2 amide bonds. The van der Waals surface area contributed by atoms with Gasteiger partial charge in [-0.05, 0) is 54.7 Å². The zero-order chi connectivity index (χ0) is 31.6. The van der Waals surface area contributed by atoms with Crippen molar-refractivity contribution in [2.45, 2.75) is 69.1 Å². The van der Waals surface area contributed by atoms with E-state index in [1.165, 1.54) is 11.8 Å². The maximum absolute atomic E-state index is 13.8. The van der Waals surface area contributed by atoms with E-state index in [1.807, 2.05) is 43.3 Å². The highest BCUT2D eigenvalue weighted by atomic mass is 32.2. The number of methoxy groups -OCH3 is 1. The van der Waals surface area contributed by atoms with Crippen LogP contribution in [0.4, 0.5) is 0 Å². The second-order valence-electron chi connectivity index (χ2n) is 10.6. The van der Waals surface area contributed by atoms with Gasteiger partial charge in [0, 0.05) is 44.5 Å². The van der Waals surface area contributed by atoms with Gasteiger partial charge in [-0.25, -0.2) is 4.98 Å². The SMILES string of the molecule is CC[C@H](Sc1nc2cc3c(cc2c(=O)n1CCCCCC(=O)NCc1ccc(OC)cc1)OCO3)C(=O)NCc1cccnc1. The number of carbonyl (C=O) groups excluding carboxylic acids is 2. The summed E-state index contributed by atoms with van der Waals surface area (Å²) in [5, 5.41) is 6.36. The molecule has 11 nitrogen and oxygen atoms in total. The van der Waals surface area contributed by atoms with Crippen LogP contribution in [0.2, 0.25) is 0 Å². The zero-order valence-corrected chi connectivity index (χ0v) is 26.2. The molecule has 0 bridgehead atoms. The van der Waals surface area contributed by atoms with E-state index in [2.05, 4.69) is 15.6 Å². The lowest BCUT2D eigenvalue weighted by atomic mass is 10.1. The molecule has 236 valence electrons. The molecular weight excluding hydrogens is 594 g/mol. The third kappa shape index (κ3) is 8.33. The summed E-state index contributed by atoms with van der Waals surface area (Å²) in [5.74, 6) is 1.65. The van der Waals surface area contributed by atoms with E-state index in [9.17, 15) is 14.4 Å². The number of aromatic nitrogens is 3. The number of unbranched alkanes of at least 4 members (excludes halogenated alkanes) is 2. The van der Waals surface area contributed by atoms with Crippen molar-refractivity contribution in [2.24, 2.45) is 0 Å². The van der Waals surface area contributed by atoms with E-state index in [1.54, 1.807) is 36.2 Å². The quantitative estimate of drug-likeness (QED) is 0.110. The van der Waals surface area contributed by atoms with Gasteiger partial charge in [-0.2, -0.15) is 0 Å². The molecule has 0 saturated heterocycles. The first-order chi connectivity index (χ1) is 21.9. The molecule has 0 radical (unpaired) electrons. The number of hydrogen-bond donors (Lipinski definition) is 2. The van der Waals surface area contributed by atoms with Crippen LogP contribution in [-0.2, 0) is 29.2 Å². The van der Waals surface area contributed by atoms with Gasteiger partial charge >= 0.3 is 0 Å². The Balaban J connectivity index is 1.23. The molecule has 5 rings (SSSR count). The van der Waals surface area contributed by atoms with Gasteiger partial charge < -0.3 is 24.8 Å². The van der Waals surface area contributed by atoms with Gasteiger partial charge in [0.15, 0.2) is 16.7 Å². The van der Waals surface area contributed by atoms with Crippen LogP contribution in [0.5, 0.6) is 17.2 Å². The molecule has 45 heavy (non-hydrogen) atoms. The molecule has 3 heterocycles. The van der Waals surface area contributed by atoms with E-state index in [-0.39, 0.29) is 24.2 Å². The molecule has 0 spiro atoms. The predicted molar refractivity (Wildman–Crippen MR) is 171 cm³/mol. The van der Waals surface area contributed by atoms with Gasteiger partial charge in [-0.1, -0.05) is 43.3 Å². The molecule has 12 heteroatoms. The summed E-state index contributed by atoms with van der Waals surface area (Å²) in [4.78, 5) is 48.3. The highest BCUT2D eigenvalue weighted by Crippen LogP contribution is 2.35. The van der Waals surface area contributed by atoms with E-state index >= 15 is 0 Å². The molecule has 0 unspecified atom stereocenters. The van der Waals surface area contributed by atoms with E-state index in [0.717, 1.165) is 23.3 Å². The highest BCUT2D eigenvalue weighted by Gasteiger charge is 2.24. The third-order valence-electron chi connectivity index (χ3n) is 7.45. The molecule has 0 fully saturated rings. The fourth-order valence-electron chi connectivity index (χ4n) is 4.90. The molecule has 0 saturated carbocycles. The van der Waals surface area contributed by atoms with Gasteiger partial charge in [0.25, 0.3) is 5.56 Å². The van der Waals surface area contributed by atoms with Crippen molar-refractivity contribution in [3.05, 3.63) is 82.4 Å². The number of hydrogen-bond acceptors (Lipinski definition) is 9. The number of nitrogens with zero attached hydrogens (tertiary/aromatic N) is 3. The number of benzene rings is 2. The number of nitrogens with one attached hydrogen (secondary N) is 2. The molecule has 0 aliphatic carbocycles. The van der Waals surface area contributed by atoms with Gasteiger partial charge in [-0.3, -0.25) is 23.9 Å². The van der Waals surface area contributed by atoms with E-state index in [4.69, 9.17) is 19.2 Å². The summed E-state index contributed by atoms with van der Waals surface area (Å²) in [6.45, 7) is 3.24. The van der Waals surface area contributed by atoms with Gasteiger partial charge in [0.05, 0.1) is 23.3 Å². The van der Waals surface area contributed by atoms with Crippen LogP contribution >= 0.6 is 11.8 Å². The Kier molecular flexibility index (Phi) is 10.9. The average Bonchev–Trinajstić information content (AvgIpc) is 3.53. The molecule has 1 aliphatic rings. The van der Waals surface area contributed by atoms with Crippen molar-refractivity contribution in [2.75, 3.05) is 13.9 Å². The zero-order valence-electron chi connectivity index (χ0n) is 25.4. The van der Waals surface area contributed by atoms with Crippen LogP contribution in [0, 0.1) is 0 Å². The molecule has 2 N–H and O–H groups in total. The van der Waals surface area contributed by atoms with Crippen molar-refractivity contribution in [1.82, 2.24) is 25.2 Å². The number of amides is 2. The lowest BCUT2D eigenvalue weighted by molar-refractivity contribution is -0.121. The number of ether oxygens (including phenoxy) is 3. The Morgan fingerprint density at radius 3 is 2.53 bits per heavy atom. The fourth-order valence-corrected chi connectivity index (χ4v) is 5.96. The van der Waals surface area contributed by atoms with E-state index < -0.39 is 5.25 Å². The standard InChI is InChI=1S/C33H37N5O6S/c1-3-29(31(40)36-20-23-8-7-14-34-18-23)45-33-37-26-17-28-27(43-21-44-28)16-25(26)32(41)38(33)15-6-4-5-9-30(39)35-19-22-10-12-24(42-2)13-11-22/h7-8,10-14,16-18,29H,3-6,9,15,19-21H2,1-2H3,(H,35,39)(H,36,40)/t29-/m0/s1. The Morgan fingerprint density at radius 1 is 1.02 bits per heavy atom. The minimum Gasteiger partial charge on any atom is -0.497 e. The van der Waals surface area contributed by atoms with Crippen LogP contribution in [0.1, 0.15) is 50.2 Å². The summed E-state index contributed by atoms with van der Waals surface area (Å²) in [7, 11) is 1.62. The molecule has 1 atom stereocenters. The second kappa shape index (κ2) is 15.4. The third-order valence-corrected chi connectivity index (χ3v) is 8.80. The fraction of sp³-hybridized carbons (Fsp3) is 0.364. The van der Waals surface area contributed by atoms with Crippen LogP contribution in [-0.4, -0.2) is 45.5 Å². The number of carbonyl (C=O) groups is 2. The maximum atomic E-state index is 13.8. The Bertz CT molecular complexity index is 1680. The lowest BCUT2D eigenvalue weighted by Gasteiger charge is -2.18. The topological polar surface area (TPSA) is 134 Å². The number of rotatable bonds is 15. The van der Waals surface area contributed by atoms with Gasteiger partial charge in [0.2, 0.25) is 18.6 Å². The largest absolute Gasteiger partial charge is 0.497 e. The van der Waals surface area contributed by atoms with Crippen molar-refractivity contribution in [3.8, 4) is 17.2 Å². The summed E-state index contributed by atoms with van der Waals surface area (Å²) in [6, 6.07) is 14.7. The maximum Gasteiger partial charge on any atom is 0.262 e. The van der Waals surface area contributed by atoms with Crippen LogP contribution in [0.25, 0.3) is 10.9 Å². The summed E-state index contributed by atoms with van der Waals surface area (Å²) in [6.07, 6.45) is 6.43. The predicted octanol–water partition coefficient (Wildman–Crippen LogP) is 4.59. The average molecular weight is 632 g/mol. The first-order valence-electron chi connectivity index (χ1n) is 15.0. The summed E-state index contributed by atoms with van der Waals surface area (Å²) >= 11 is 1.28. The summed E-state index contributed by atoms with van der Waals surface area (Å²) < 4.78 is 17.8. The van der Waals surface area contributed by atoms with E-state index in [0.29, 0.717) is 72.9 Å². The minimum atomic E-state index is -0.458. The van der Waals surface area contributed by atoms with Crippen LogP contribution in [0.3, 0.4) is 0 Å². The Hall–Kier alpha value is -4.58. The van der Waals surface area contributed by atoms with Crippen molar-refractivity contribution >= 4 is 34.5 Å². The van der Waals surface area contributed by atoms with Crippen molar-refractivity contribution < 1.29 is 23.8 Å². The second-order valence-corrected chi connectivity index (χ2v) is 11.8. The van der Waals surface area contributed by atoms with Crippen LogP contribution in [0.15, 0.2) is 70.9 Å². The molecular formula is C33H37N5O6S. The monoisotopic (exact) mass is 631 g/mol. The molecule has 2 aromatic carbocycles. The summed E-state index contributed by atoms with van der Waals surface area (Å²) in [5.41, 5.74) is 2.18. The first-order valence-corrected chi connectivity index (χ1v) is 15.9. The molecule has 1 aliphatic heterocycles. The van der Waals surface area contributed by atoms with Gasteiger partial charge in [0.1, 0.15) is 5.75 Å². The molecule has 4 aromatic rings. The number of fused-ring (bicyclic) bond motifs is 2. The normalized spacial score (nSPS) is 12.6. The van der Waals surface area contributed by atoms with Crippen molar-refractivity contribution in [3.63, 3.8) is 0 Å². The Labute approximate surface area is 265 Å². The van der Waals surface area contributed by atoms with Gasteiger partial charge in [-0.15, -0.1) is 0 Å². The Morgan fingerprint density at radius 2 is 1.80 bits per heavy atom. The van der Waals surface area contributed by atoms with Crippen molar-refractivity contribution in [1.29, 1.82) is 0 Å². The first kappa shape index (κ1) is 31.8. The molecule has 2 aromatic heterocycles. The smallest absolute Gasteiger partial charge is 0.262 e. The number of thioether (sulfide) groups is 1. The minimum absolute atomic E-state index is 0.0224. The van der Waals surface area contributed by atoms with Crippen LogP contribution < -0.4 is 30.4 Å². The highest BCUT2D eigenvalue weighted by molar-refractivity contribution is 8.00. The lowest BCUT2D eigenvalue weighted by Crippen LogP contribution is -2.33.